The Hall–Kier alpha value is -0.440. The number of aryl methyl sites for hydroxylation is 1. The summed E-state index contributed by atoms with van der Waals surface area (Å²) < 4.78 is 5.50. The molecule has 0 aliphatic carbocycles. The molecule has 1 heterocycles. The Morgan fingerprint density at radius 3 is 2.29 bits per heavy atom. The van der Waals surface area contributed by atoms with Crippen LogP contribution in [0.4, 0.5) is 0 Å². The summed E-state index contributed by atoms with van der Waals surface area (Å²) in [7, 11) is 0. The van der Waals surface area contributed by atoms with Gasteiger partial charge in [-0.1, -0.05) is 41.5 Å². The van der Waals surface area contributed by atoms with Crippen LogP contribution in [0.5, 0.6) is 0 Å². The molecule has 98 valence electrons. The molecule has 0 amide bonds. The highest BCUT2D eigenvalue weighted by Crippen LogP contribution is 2.23. The van der Waals surface area contributed by atoms with E-state index in [9.17, 15) is 0 Å². The molecule has 17 heavy (non-hydrogen) atoms. The van der Waals surface area contributed by atoms with Gasteiger partial charge in [-0.25, -0.2) is 4.98 Å². The van der Waals surface area contributed by atoms with Crippen LogP contribution in [-0.4, -0.2) is 16.5 Å². The van der Waals surface area contributed by atoms with Crippen molar-refractivity contribution in [3.05, 3.63) is 17.8 Å². The highest BCUT2D eigenvalue weighted by atomic mass is 32.2. The van der Waals surface area contributed by atoms with Crippen LogP contribution in [-0.2, 0) is 11.8 Å². The average Bonchev–Trinajstić information content (AvgIpc) is 2.58. The minimum absolute atomic E-state index is 0.0836. The van der Waals surface area contributed by atoms with Gasteiger partial charge in [0.2, 0.25) is 0 Å². The molecule has 2 nitrogen and oxygen atoms in total. The van der Waals surface area contributed by atoms with Crippen molar-refractivity contribution in [1.82, 2.24) is 4.98 Å². The number of rotatable bonds is 4. The van der Waals surface area contributed by atoms with E-state index in [1.807, 2.05) is 11.8 Å². The third-order valence-electron chi connectivity index (χ3n) is 2.32. The maximum absolute atomic E-state index is 5.50. The van der Waals surface area contributed by atoms with Crippen molar-refractivity contribution >= 4 is 11.8 Å². The molecule has 0 saturated carbocycles. The Balaban J connectivity index is 2.36. The summed E-state index contributed by atoms with van der Waals surface area (Å²) in [6.45, 7) is 13.3. The van der Waals surface area contributed by atoms with Crippen molar-refractivity contribution < 1.29 is 4.42 Å². The van der Waals surface area contributed by atoms with Crippen LogP contribution < -0.4 is 0 Å². The average molecular weight is 255 g/mol. The second-order valence-corrected chi connectivity index (χ2v) is 7.84. The van der Waals surface area contributed by atoms with Crippen LogP contribution in [0.3, 0.4) is 0 Å². The molecule has 0 unspecified atom stereocenters. The molecule has 0 radical (unpaired) electrons. The van der Waals surface area contributed by atoms with Gasteiger partial charge in [0.15, 0.2) is 5.89 Å². The highest BCUT2D eigenvalue weighted by molar-refractivity contribution is 7.99. The molecule has 0 saturated heterocycles. The van der Waals surface area contributed by atoms with Crippen molar-refractivity contribution in [2.24, 2.45) is 5.41 Å². The molecule has 0 bridgehead atoms. The van der Waals surface area contributed by atoms with Crippen molar-refractivity contribution in [2.45, 2.75) is 53.4 Å². The minimum Gasteiger partial charge on any atom is -0.449 e. The van der Waals surface area contributed by atoms with E-state index in [1.165, 1.54) is 5.75 Å². The van der Waals surface area contributed by atoms with Gasteiger partial charge in [-0.15, -0.1) is 0 Å². The lowest BCUT2D eigenvalue weighted by atomic mass is 9.93. The number of hydrogen-bond donors (Lipinski definition) is 0. The topological polar surface area (TPSA) is 26.0 Å². The van der Waals surface area contributed by atoms with Crippen LogP contribution in [0.15, 0.2) is 10.7 Å². The van der Waals surface area contributed by atoms with Gasteiger partial charge in [0, 0.05) is 17.6 Å². The third-order valence-corrected chi connectivity index (χ3v) is 3.88. The van der Waals surface area contributed by atoms with Crippen LogP contribution in [0, 0.1) is 5.41 Å². The molecule has 0 N–H and O–H groups in total. The van der Waals surface area contributed by atoms with Gasteiger partial charge in [0.1, 0.15) is 6.26 Å². The molecule has 0 spiro atoms. The number of thioether (sulfide) groups is 1. The zero-order valence-corrected chi connectivity index (χ0v) is 12.8. The van der Waals surface area contributed by atoms with E-state index in [-0.39, 0.29) is 5.41 Å². The lowest BCUT2D eigenvalue weighted by Crippen LogP contribution is -2.11. The summed E-state index contributed by atoms with van der Waals surface area (Å²) in [4.78, 5) is 4.54. The van der Waals surface area contributed by atoms with E-state index in [4.69, 9.17) is 4.42 Å². The summed E-state index contributed by atoms with van der Waals surface area (Å²) in [5.74, 6) is 3.14. The van der Waals surface area contributed by atoms with Gasteiger partial charge in [0.05, 0.1) is 5.69 Å². The van der Waals surface area contributed by atoms with Gasteiger partial charge in [-0.05, 0) is 11.2 Å². The Morgan fingerprint density at radius 2 is 1.82 bits per heavy atom. The van der Waals surface area contributed by atoms with Crippen molar-refractivity contribution in [2.75, 3.05) is 11.5 Å². The standard InChI is InChI=1S/C14H25NOS/c1-13(2,3)10-17-8-7-12-15-11(9-16-12)14(4,5)6/h9H,7-8,10H2,1-6H3. The maximum Gasteiger partial charge on any atom is 0.195 e. The fraction of sp³-hybridized carbons (Fsp3) is 0.786. The lowest BCUT2D eigenvalue weighted by molar-refractivity contribution is 0.479. The largest absolute Gasteiger partial charge is 0.449 e. The first-order valence-corrected chi connectivity index (χ1v) is 7.36. The maximum atomic E-state index is 5.50. The fourth-order valence-electron chi connectivity index (χ4n) is 1.31. The summed E-state index contributed by atoms with van der Waals surface area (Å²) in [6.07, 6.45) is 2.72. The second-order valence-electron chi connectivity index (χ2n) is 6.74. The van der Waals surface area contributed by atoms with Crippen molar-refractivity contribution in [1.29, 1.82) is 0 Å². The van der Waals surface area contributed by atoms with Crippen LogP contribution in [0.2, 0.25) is 0 Å². The van der Waals surface area contributed by atoms with E-state index < -0.39 is 0 Å². The summed E-state index contributed by atoms with van der Waals surface area (Å²) in [5.41, 5.74) is 1.53. The Labute approximate surface area is 110 Å². The zero-order valence-electron chi connectivity index (χ0n) is 12.0. The molecular weight excluding hydrogens is 230 g/mol. The predicted octanol–water partition coefficient (Wildman–Crippen LogP) is 4.29. The number of oxazole rings is 1. The minimum atomic E-state index is 0.0836. The molecular formula is C14H25NOS. The van der Waals surface area contributed by atoms with E-state index >= 15 is 0 Å². The Bertz CT molecular complexity index is 344. The lowest BCUT2D eigenvalue weighted by Gasteiger charge is -2.16. The third kappa shape index (κ3) is 5.62. The number of nitrogens with zero attached hydrogens (tertiary/aromatic N) is 1. The smallest absolute Gasteiger partial charge is 0.195 e. The first-order valence-electron chi connectivity index (χ1n) is 6.21. The van der Waals surface area contributed by atoms with Crippen molar-refractivity contribution in [3.8, 4) is 0 Å². The number of hydrogen-bond acceptors (Lipinski definition) is 3. The van der Waals surface area contributed by atoms with E-state index in [0.717, 1.165) is 23.8 Å². The monoisotopic (exact) mass is 255 g/mol. The first-order chi connectivity index (χ1) is 7.68. The van der Waals surface area contributed by atoms with Crippen LogP contribution in [0.25, 0.3) is 0 Å². The van der Waals surface area contributed by atoms with Crippen molar-refractivity contribution in [3.63, 3.8) is 0 Å². The molecule has 1 aromatic rings. The summed E-state index contributed by atoms with van der Waals surface area (Å²) in [6, 6.07) is 0. The predicted molar refractivity (Wildman–Crippen MR) is 75.7 cm³/mol. The molecule has 0 aliphatic heterocycles. The SMILES string of the molecule is CC(C)(C)CSCCc1nc(C(C)(C)C)co1. The number of aromatic nitrogens is 1. The van der Waals surface area contributed by atoms with E-state index in [0.29, 0.717) is 5.41 Å². The van der Waals surface area contributed by atoms with Gasteiger partial charge >= 0.3 is 0 Å². The molecule has 1 aromatic heterocycles. The second kappa shape index (κ2) is 5.47. The van der Waals surface area contributed by atoms with Gasteiger partial charge in [0.25, 0.3) is 0 Å². The first kappa shape index (κ1) is 14.6. The molecule has 0 fully saturated rings. The van der Waals surface area contributed by atoms with Gasteiger partial charge < -0.3 is 4.42 Å². The normalized spacial score (nSPS) is 13.1. The quantitative estimate of drug-likeness (QED) is 0.750. The Morgan fingerprint density at radius 1 is 1.18 bits per heavy atom. The molecule has 1 rings (SSSR count). The molecule has 0 aliphatic rings. The fourth-order valence-corrected chi connectivity index (χ4v) is 2.38. The van der Waals surface area contributed by atoms with Gasteiger partial charge in [-0.3, -0.25) is 0 Å². The van der Waals surface area contributed by atoms with Gasteiger partial charge in [-0.2, -0.15) is 11.8 Å². The molecule has 3 heteroatoms. The summed E-state index contributed by atoms with van der Waals surface area (Å²) >= 11 is 1.97. The summed E-state index contributed by atoms with van der Waals surface area (Å²) in [5, 5.41) is 0. The molecule has 0 atom stereocenters. The van der Waals surface area contributed by atoms with E-state index in [1.54, 1.807) is 6.26 Å². The highest BCUT2D eigenvalue weighted by Gasteiger charge is 2.18. The Kier molecular flexibility index (Phi) is 4.70. The molecule has 0 aromatic carbocycles. The van der Waals surface area contributed by atoms with E-state index in [2.05, 4.69) is 46.5 Å². The zero-order chi connectivity index (χ0) is 13.1. The van der Waals surface area contributed by atoms with Crippen LogP contribution >= 0.6 is 11.8 Å². The van der Waals surface area contributed by atoms with Crippen LogP contribution in [0.1, 0.15) is 53.1 Å².